The Balaban J connectivity index is 1.62. The Bertz CT molecular complexity index is 876. The number of piperidine rings is 1. The molecule has 7 heteroatoms. The first-order valence-electron chi connectivity index (χ1n) is 9.09. The van der Waals surface area contributed by atoms with Gasteiger partial charge in [0.25, 0.3) is 0 Å². The quantitative estimate of drug-likeness (QED) is 0.850. The molecule has 0 bridgehead atoms. The number of hydrogen-bond acceptors (Lipinski definition) is 4. The van der Waals surface area contributed by atoms with E-state index in [1.165, 1.54) is 0 Å². The Morgan fingerprint density at radius 1 is 1.07 bits per heavy atom. The third kappa shape index (κ3) is 4.42. The van der Waals surface area contributed by atoms with Crippen LogP contribution in [0.1, 0.15) is 19.8 Å². The van der Waals surface area contributed by atoms with Crippen molar-refractivity contribution in [1.82, 2.24) is 4.90 Å². The van der Waals surface area contributed by atoms with Crippen LogP contribution >= 0.6 is 0 Å². The van der Waals surface area contributed by atoms with Gasteiger partial charge in [0, 0.05) is 13.1 Å². The zero-order valence-electron chi connectivity index (χ0n) is 15.3. The van der Waals surface area contributed by atoms with Gasteiger partial charge in [-0.15, -0.1) is 0 Å². The van der Waals surface area contributed by atoms with Gasteiger partial charge in [-0.25, -0.2) is 13.2 Å². The lowest BCUT2D eigenvalue weighted by molar-refractivity contribution is 0.200. The molecule has 1 saturated heterocycles. The van der Waals surface area contributed by atoms with E-state index in [9.17, 15) is 13.2 Å². The number of sulfone groups is 1. The normalized spacial score (nSPS) is 15.4. The number of carbonyl (C=O) groups is 1. The molecule has 1 fully saturated rings. The fourth-order valence-corrected chi connectivity index (χ4v) is 4.97. The van der Waals surface area contributed by atoms with E-state index >= 15 is 0 Å². The highest BCUT2D eigenvalue weighted by molar-refractivity contribution is 7.92. The molecule has 0 atom stereocenters. The number of benzene rings is 2. The molecule has 1 aliphatic rings. The standard InChI is InChI=1S/C20H24N2O4S/c1-2-26-19-11-7-6-10-18(19)21-20(23)22-14-12-17(13-15-22)27(24,25)16-8-4-3-5-9-16/h3-11,17H,2,12-15H2,1H3,(H,21,23). The van der Waals surface area contributed by atoms with Crippen LogP contribution in [0, 0.1) is 0 Å². The highest BCUT2D eigenvalue weighted by atomic mass is 32.2. The van der Waals surface area contributed by atoms with Crippen LogP contribution in [0.5, 0.6) is 5.75 Å². The van der Waals surface area contributed by atoms with Gasteiger partial charge in [0.05, 0.1) is 22.4 Å². The number of carbonyl (C=O) groups excluding carboxylic acids is 1. The summed E-state index contributed by atoms with van der Waals surface area (Å²) < 4.78 is 31.0. The monoisotopic (exact) mass is 388 g/mol. The van der Waals surface area contributed by atoms with E-state index in [0.717, 1.165) is 0 Å². The van der Waals surface area contributed by atoms with Crippen LogP contribution in [0.3, 0.4) is 0 Å². The molecule has 1 N–H and O–H groups in total. The van der Waals surface area contributed by atoms with E-state index in [0.29, 0.717) is 48.9 Å². The van der Waals surface area contributed by atoms with Crippen LogP contribution in [0.15, 0.2) is 59.5 Å². The number of anilines is 1. The largest absolute Gasteiger partial charge is 0.492 e. The van der Waals surface area contributed by atoms with Crippen molar-refractivity contribution in [2.75, 3.05) is 25.0 Å². The van der Waals surface area contributed by atoms with Crippen molar-refractivity contribution in [1.29, 1.82) is 0 Å². The molecule has 2 aromatic carbocycles. The van der Waals surface area contributed by atoms with E-state index in [1.807, 2.05) is 19.1 Å². The lowest BCUT2D eigenvalue weighted by Gasteiger charge is -2.32. The number of hydrogen-bond donors (Lipinski definition) is 1. The Kier molecular flexibility index (Phi) is 6.01. The molecule has 0 unspecified atom stereocenters. The summed E-state index contributed by atoms with van der Waals surface area (Å²) >= 11 is 0. The van der Waals surface area contributed by atoms with Gasteiger partial charge in [0.1, 0.15) is 5.75 Å². The van der Waals surface area contributed by atoms with Crippen molar-refractivity contribution in [3.63, 3.8) is 0 Å². The maximum atomic E-state index is 12.7. The van der Waals surface area contributed by atoms with E-state index in [1.54, 1.807) is 47.4 Å². The Morgan fingerprint density at radius 3 is 2.37 bits per heavy atom. The molecule has 2 aromatic rings. The fourth-order valence-electron chi connectivity index (χ4n) is 3.22. The predicted molar refractivity (Wildman–Crippen MR) is 105 cm³/mol. The molecular weight excluding hydrogens is 364 g/mol. The SMILES string of the molecule is CCOc1ccccc1NC(=O)N1CCC(S(=O)(=O)c2ccccc2)CC1. The fraction of sp³-hybridized carbons (Fsp3) is 0.350. The van der Waals surface area contributed by atoms with Gasteiger partial charge < -0.3 is 15.0 Å². The van der Waals surface area contributed by atoms with Crippen molar-refractivity contribution >= 4 is 21.6 Å². The summed E-state index contributed by atoms with van der Waals surface area (Å²) in [5.41, 5.74) is 0.614. The van der Waals surface area contributed by atoms with Crippen LogP contribution in [-0.4, -0.2) is 44.3 Å². The number of ether oxygens (including phenoxy) is 1. The molecule has 2 amide bonds. The lowest BCUT2D eigenvalue weighted by Crippen LogP contribution is -2.44. The van der Waals surface area contributed by atoms with Gasteiger partial charge in [-0.2, -0.15) is 0 Å². The zero-order valence-corrected chi connectivity index (χ0v) is 16.1. The van der Waals surface area contributed by atoms with Crippen molar-refractivity contribution in [3.05, 3.63) is 54.6 Å². The molecule has 1 aliphatic heterocycles. The average Bonchev–Trinajstić information content (AvgIpc) is 2.70. The summed E-state index contributed by atoms with van der Waals surface area (Å²) in [6.45, 7) is 3.20. The van der Waals surface area contributed by atoms with Gasteiger partial charge in [0.15, 0.2) is 9.84 Å². The summed E-state index contributed by atoms with van der Waals surface area (Å²) in [5, 5.41) is 2.40. The average molecular weight is 388 g/mol. The minimum Gasteiger partial charge on any atom is -0.492 e. The second kappa shape index (κ2) is 8.43. The van der Waals surface area contributed by atoms with Gasteiger partial charge in [-0.1, -0.05) is 30.3 Å². The zero-order chi connectivity index (χ0) is 19.3. The molecule has 27 heavy (non-hydrogen) atoms. The van der Waals surface area contributed by atoms with Crippen LogP contribution in [0.2, 0.25) is 0 Å². The van der Waals surface area contributed by atoms with E-state index in [4.69, 9.17) is 4.74 Å². The number of para-hydroxylation sites is 2. The number of urea groups is 1. The predicted octanol–water partition coefficient (Wildman–Crippen LogP) is 3.56. The maximum absolute atomic E-state index is 12.7. The van der Waals surface area contributed by atoms with E-state index in [-0.39, 0.29) is 6.03 Å². The van der Waals surface area contributed by atoms with Gasteiger partial charge >= 0.3 is 6.03 Å². The topological polar surface area (TPSA) is 75.7 Å². The molecule has 6 nitrogen and oxygen atoms in total. The Morgan fingerprint density at radius 2 is 1.70 bits per heavy atom. The van der Waals surface area contributed by atoms with Crippen molar-refractivity contribution in [2.45, 2.75) is 29.9 Å². The summed E-state index contributed by atoms with van der Waals surface area (Å²) in [6.07, 6.45) is 0.857. The van der Waals surface area contributed by atoms with Crippen LogP contribution in [0.4, 0.5) is 10.5 Å². The molecule has 0 aliphatic carbocycles. The highest BCUT2D eigenvalue weighted by Gasteiger charge is 2.32. The van der Waals surface area contributed by atoms with Gasteiger partial charge in [-0.05, 0) is 44.0 Å². The summed E-state index contributed by atoms with van der Waals surface area (Å²) in [4.78, 5) is 14.6. The van der Waals surface area contributed by atoms with Gasteiger partial charge in [0.2, 0.25) is 0 Å². The Labute approximate surface area is 160 Å². The summed E-state index contributed by atoms with van der Waals surface area (Å²) in [6, 6.07) is 15.5. The first kappa shape index (κ1) is 19.2. The number of nitrogens with one attached hydrogen (secondary N) is 1. The smallest absolute Gasteiger partial charge is 0.321 e. The number of amides is 2. The lowest BCUT2D eigenvalue weighted by atomic mass is 10.1. The summed E-state index contributed by atoms with van der Waals surface area (Å²) in [5.74, 6) is 0.620. The molecule has 0 radical (unpaired) electrons. The van der Waals surface area contributed by atoms with Crippen LogP contribution < -0.4 is 10.1 Å². The molecule has 1 heterocycles. The third-order valence-electron chi connectivity index (χ3n) is 4.67. The van der Waals surface area contributed by atoms with Crippen LogP contribution in [0.25, 0.3) is 0 Å². The molecule has 144 valence electrons. The molecule has 0 aromatic heterocycles. The van der Waals surface area contributed by atoms with Crippen molar-refractivity contribution in [2.24, 2.45) is 0 Å². The highest BCUT2D eigenvalue weighted by Crippen LogP contribution is 2.27. The number of likely N-dealkylation sites (tertiary alicyclic amines) is 1. The first-order valence-corrected chi connectivity index (χ1v) is 10.6. The molecular formula is C20H24N2O4S. The van der Waals surface area contributed by atoms with Crippen molar-refractivity contribution in [3.8, 4) is 5.75 Å². The van der Waals surface area contributed by atoms with Crippen LogP contribution in [-0.2, 0) is 9.84 Å². The van der Waals surface area contributed by atoms with Crippen molar-refractivity contribution < 1.29 is 17.9 Å². The summed E-state index contributed by atoms with van der Waals surface area (Å²) in [7, 11) is -3.36. The first-order chi connectivity index (χ1) is 13.0. The minimum absolute atomic E-state index is 0.238. The Hall–Kier alpha value is -2.54. The molecule has 0 saturated carbocycles. The van der Waals surface area contributed by atoms with E-state index < -0.39 is 15.1 Å². The third-order valence-corrected chi connectivity index (χ3v) is 6.95. The number of nitrogens with zero attached hydrogens (tertiary/aromatic N) is 1. The van der Waals surface area contributed by atoms with E-state index in [2.05, 4.69) is 5.32 Å². The second-order valence-electron chi connectivity index (χ2n) is 6.40. The maximum Gasteiger partial charge on any atom is 0.321 e. The minimum atomic E-state index is -3.36. The number of rotatable bonds is 5. The second-order valence-corrected chi connectivity index (χ2v) is 8.63. The van der Waals surface area contributed by atoms with Gasteiger partial charge in [-0.3, -0.25) is 0 Å². The molecule has 0 spiro atoms. The molecule has 3 rings (SSSR count).